The molecule has 0 aromatic rings. The fourth-order valence-corrected chi connectivity index (χ4v) is 2.33. The summed E-state index contributed by atoms with van der Waals surface area (Å²) in [7, 11) is 0. The summed E-state index contributed by atoms with van der Waals surface area (Å²) in [6, 6.07) is -0.0692. The van der Waals surface area contributed by atoms with Crippen molar-refractivity contribution in [1.82, 2.24) is 15.3 Å². The van der Waals surface area contributed by atoms with Gasteiger partial charge in [0, 0.05) is 32.0 Å². The minimum Gasteiger partial charge on any atom is -0.363 e. The topological polar surface area (TPSA) is 103 Å². The lowest BCUT2D eigenvalue weighted by molar-refractivity contribution is -0.171. The van der Waals surface area contributed by atoms with Gasteiger partial charge in [-0.1, -0.05) is 0 Å². The molecule has 2 fully saturated rings. The van der Waals surface area contributed by atoms with E-state index in [0.29, 0.717) is 18.0 Å². The molecule has 0 bridgehead atoms. The summed E-state index contributed by atoms with van der Waals surface area (Å²) in [5, 5.41) is 10.4. The summed E-state index contributed by atoms with van der Waals surface area (Å²) in [4.78, 5) is 41.0. The lowest BCUT2D eigenvalue weighted by atomic mass is 10.1. The van der Waals surface area contributed by atoms with Crippen LogP contribution >= 0.6 is 0 Å². The molecule has 2 saturated heterocycles. The molecule has 2 aliphatic rings. The number of amides is 3. The second-order valence-electron chi connectivity index (χ2n) is 4.90. The molecule has 20 heavy (non-hydrogen) atoms. The Hall–Kier alpha value is -2.12. The van der Waals surface area contributed by atoms with Gasteiger partial charge in [-0.15, -0.1) is 5.06 Å². The van der Waals surface area contributed by atoms with Gasteiger partial charge < -0.3 is 15.1 Å². The van der Waals surface area contributed by atoms with Crippen LogP contribution in [0.25, 0.3) is 0 Å². The minimum atomic E-state index is -0.776. The van der Waals surface area contributed by atoms with Crippen LogP contribution in [0, 0.1) is 5.41 Å². The molecular weight excluding hydrogens is 264 g/mol. The van der Waals surface area contributed by atoms with Crippen LogP contribution < -0.4 is 5.32 Å². The Labute approximate surface area is 116 Å². The first-order valence-electron chi connectivity index (χ1n) is 6.69. The van der Waals surface area contributed by atoms with Crippen LogP contribution in [0.2, 0.25) is 0 Å². The molecule has 8 heteroatoms. The zero-order valence-corrected chi connectivity index (χ0v) is 11.1. The molecule has 8 nitrogen and oxygen atoms in total. The molecule has 0 spiro atoms. The van der Waals surface area contributed by atoms with Crippen LogP contribution in [0.15, 0.2) is 0 Å². The lowest BCUT2D eigenvalue weighted by Crippen LogP contribution is -2.41. The number of carbonyl (C=O) groups excluding carboxylic acids is 3. The molecule has 1 atom stereocenters. The summed E-state index contributed by atoms with van der Waals surface area (Å²) >= 11 is 0. The standard InChI is InChI=1S/C12H18N4O4/c13-8-15-6-1-2-9(5-7-15)14-12(19)20-16-10(17)3-4-11(16)18/h8-9,13H,1-7H2,(H,14,19)/t9-/m0/s1. The van der Waals surface area contributed by atoms with Gasteiger partial charge in [-0.3, -0.25) is 15.0 Å². The number of nitrogens with one attached hydrogen (secondary N) is 2. The van der Waals surface area contributed by atoms with Crippen molar-refractivity contribution >= 4 is 24.2 Å². The van der Waals surface area contributed by atoms with E-state index in [1.54, 1.807) is 0 Å². The second kappa shape index (κ2) is 6.36. The molecule has 2 N–H and O–H groups in total. The van der Waals surface area contributed by atoms with E-state index >= 15 is 0 Å². The van der Waals surface area contributed by atoms with Crippen LogP contribution in [0.4, 0.5) is 4.79 Å². The predicted octanol–water partition coefficient (Wildman–Crippen LogP) is 0.238. The van der Waals surface area contributed by atoms with Crippen LogP contribution in [0.1, 0.15) is 32.1 Å². The Bertz CT molecular complexity index is 410. The van der Waals surface area contributed by atoms with Gasteiger partial charge in [-0.25, -0.2) is 4.79 Å². The van der Waals surface area contributed by atoms with Gasteiger partial charge >= 0.3 is 6.09 Å². The van der Waals surface area contributed by atoms with Crippen molar-refractivity contribution in [2.24, 2.45) is 0 Å². The third-order valence-corrected chi connectivity index (χ3v) is 3.45. The van der Waals surface area contributed by atoms with E-state index < -0.39 is 17.9 Å². The maximum absolute atomic E-state index is 11.7. The quantitative estimate of drug-likeness (QED) is 0.438. The number of likely N-dealkylation sites (tertiary alicyclic amines) is 1. The van der Waals surface area contributed by atoms with E-state index in [4.69, 9.17) is 10.2 Å². The van der Waals surface area contributed by atoms with Gasteiger partial charge in [0.1, 0.15) is 0 Å². The average Bonchev–Trinajstić information content (AvgIpc) is 2.65. The number of hydroxylamine groups is 2. The lowest BCUT2D eigenvalue weighted by Gasteiger charge is -2.19. The van der Waals surface area contributed by atoms with Gasteiger partial charge in [0.25, 0.3) is 11.8 Å². The Kier molecular flexibility index (Phi) is 4.54. The Balaban J connectivity index is 1.80. The maximum atomic E-state index is 11.7. The monoisotopic (exact) mass is 282 g/mol. The van der Waals surface area contributed by atoms with Crippen LogP contribution in [-0.4, -0.2) is 53.3 Å². The number of hydrogen-bond donors (Lipinski definition) is 2. The summed E-state index contributed by atoms with van der Waals surface area (Å²) in [6.07, 6.45) is 3.04. The molecule has 0 aromatic heterocycles. The third-order valence-electron chi connectivity index (χ3n) is 3.45. The van der Waals surface area contributed by atoms with E-state index in [-0.39, 0.29) is 18.9 Å². The number of hydrogen-bond acceptors (Lipinski definition) is 5. The Morgan fingerprint density at radius 1 is 1.25 bits per heavy atom. The molecule has 2 heterocycles. The first-order chi connectivity index (χ1) is 9.60. The fraction of sp³-hybridized carbons (Fsp3) is 0.667. The van der Waals surface area contributed by atoms with Gasteiger partial charge in [-0.05, 0) is 19.3 Å². The Morgan fingerprint density at radius 2 is 1.95 bits per heavy atom. The number of rotatable bonds is 3. The van der Waals surface area contributed by atoms with E-state index in [2.05, 4.69) is 5.32 Å². The molecule has 0 saturated carbocycles. The summed E-state index contributed by atoms with van der Waals surface area (Å²) in [5.74, 6) is -0.970. The van der Waals surface area contributed by atoms with Crippen LogP contribution in [-0.2, 0) is 14.4 Å². The molecule has 0 aliphatic carbocycles. The second-order valence-corrected chi connectivity index (χ2v) is 4.90. The normalized spacial score (nSPS) is 23.5. The summed E-state index contributed by atoms with van der Waals surface area (Å²) < 4.78 is 0. The highest BCUT2D eigenvalue weighted by Crippen LogP contribution is 2.13. The zero-order valence-electron chi connectivity index (χ0n) is 11.1. The van der Waals surface area contributed by atoms with Crippen molar-refractivity contribution < 1.29 is 19.2 Å². The highest BCUT2D eigenvalue weighted by Gasteiger charge is 2.33. The number of nitrogens with zero attached hydrogens (tertiary/aromatic N) is 2. The largest absolute Gasteiger partial charge is 0.432 e. The maximum Gasteiger partial charge on any atom is 0.432 e. The van der Waals surface area contributed by atoms with Gasteiger partial charge in [0.2, 0.25) is 0 Å². The molecular formula is C12H18N4O4. The first kappa shape index (κ1) is 14.3. The van der Waals surface area contributed by atoms with E-state index in [9.17, 15) is 14.4 Å². The van der Waals surface area contributed by atoms with Crippen molar-refractivity contribution in [2.45, 2.75) is 38.1 Å². The molecule has 2 rings (SSSR count). The molecule has 0 aromatic carbocycles. The van der Waals surface area contributed by atoms with E-state index in [1.165, 1.54) is 6.34 Å². The van der Waals surface area contributed by atoms with Gasteiger partial charge in [0.05, 0.1) is 6.34 Å². The van der Waals surface area contributed by atoms with Crippen LogP contribution in [0.3, 0.4) is 0 Å². The highest BCUT2D eigenvalue weighted by molar-refractivity contribution is 6.01. The van der Waals surface area contributed by atoms with Gasteiger partial charge in [0.15, 0.2) is 0 Å². The Morgan fingerprint density at radius 3 is 2.60 bits per heavy atom. The molecule has 0 radical (unpaired) electrons. The predicted molar refractivity (Wildman–Crippen MR) is 68.7 cm³/mol. The number of imide groups is 1. The minimum absolute atomic E-state index is 0.0692. The number of carbonyl (C=O) groups is 3. The molecule has 110 valence electrons. The average molecular weight is 282 g/mol. The third kappa shape index (κ3) is 3.46. The van der Waals surface area contributed by atoms with E-state index in [1.807, 2.05) is 4.90 Å². The SMILES string of the molecule is N=CN1CCC[C@H](NC(=O)ON2C(=O)CCC2=O)CC1. The van der Waals surface area contributed by atoms with Crippen molar-refractivity contribution in [2.75, 3.05) is 13.1 Å². The van der Waals surface area contributed by atoms with Crippen molar-refractivity contribution in [3.8, 4) is 0 Å². The molecule has 2 aliphatic heterocycles. The molecule has 0 unspecified atom stereocenters. The fourth-order valence-electron chi connectivity index (χ4n) is 2.33. The van der Waals surface area contributed by atoms with Crippen molar-refractivity contribution in [1.29, 1.82) is 5.41 Å². The highest BCUT2D eigenvalue weighted by atomic mass is 16.7. The van der Waals surface area contributed by atoms with Crippen molar-refractivity contribution in [3.63, 3.8) is 0 Å². The van der Waals surface area contributed by atoms with Crippen LogP contribution in [0.5, 0.6) is 0 Å². The summed E-state index contributed by atoms with van der Waals surface area (Å²) in [6.45, 7) is 1.48. The zero-order chi connectivity index (χ0) is 14.5. The first-order valence-corrected chi connectivity index (χ1v) is 6.69. The van der Waals surface area contributed by atoms with Crippen molar-refractivity contribution in [3.05, 3.63) is 0 Å². The van der Waals surface area contributed by atoms with Gasteiger partial charge in [-0.2, -0.15) is 0 Å². The van der Waals surface area contributed by atoms with E-state index in [0.717, 1.165) is 19.4 Å². The summed E-state index contributed by atoms with van der Waals surface area (Å²) in [5.41, 5.74) is 0. The smallest absolute Gasteiger partial charge is 0.363 e. The molecule has 3 amide bonds.